The molecule has 0 spiro atoms. The molecule has 1 rings (SSSR count). The van der Waals surface area contributed by atoms with Crippen molar-refractivity contribution in [3.8, 4) is 0 Å². The Labute approximate surface area is 120 Å². The molecule has 0 radical (unpaired) electrons. The summed E-state index contributed by atoms with van der Waals surface area (Å²) in [6.07, 6.45) is 1.59. The third kappa shape index (κ3) is 5.43. The molecular weight excluding hydrogens is 262 g/mol. The zero-order valence-electron chi connectivity index (χ0n) is 12.6. The highest BCUT2D eigenvalue weighted by Crippen LogP contribution is 2.22. The Morgan fingerprint density at radius 2 is 2.00 bits per heavy atom. The van der Waals surface area contributed by atoms with Crippen molar-refractivity contribution in [1.82, 2.24) is 4.90 Å². The summed E-state index contributed by atoms with van der Waals surface area (Å²) in [6, 6.07) is -0.389. The summed E-state index contributed by atoms with van der Waals surface area (Å²) in [7, 11) is 0. The molecule has 110 valence electrons. The maximum atomic E-state index is 12.1. The van der Waals surface area contributed by atoms with Gasteiger partial charge in [0.15, 0.2) is 0 Å². The SMILES string of the molecule is CC(C)SCC(=O)N1CCC[C@@H]1C(=O)OC(C)(C)C. The van der Waals surface area contributed by atoms with Crippen molar-refractivity contribution in [2.45, 2.75) is 64.4 Å². The Morgan fingerprint density at radius 1 is 1.37 bits per heavy atom. The fourth-order valence-electron chi connectivity index (χ4n) is 2.00. The van der Waals surface area contributed by atoms with Crippen molar-refractivity contribution in [2.75, 3.05) is 12.3 Å². The number of thioether (sulfide) groups is 1. The maximum Gasteiger partial charge on any atom is 0.329 e. The lowest BCUT2D eigenvalue weighted by Crippen LogP contribution is -2.44. The number of rotatable bonds is 4. The molecule has 1 heterocycles. The van der Waals surface area contributed by atoms with Crippen molar-refractivity contribution >= 4 is 23.6 Å². The van der Waals surface area contributed by atoms with Gasteiger partial charge in [-0.05, 0) is 38.9 Å². The number of hydrogen-bond donors (Lipinski definition) is 0. The van der Waals surface area contributed by atoms with E-state index in [1.165, 1.54) is 0 Å². The van der Waals surface area contributed by atoms with E-state index in [9.17, 15) is 9.59 Å². The van der Waals surface area contributed by atoms with Crippen molar-refractivity contribution in [3.63, 3.8) is 0 Å². The number of nitrogens with zero attached hydrogens (tertiary/aromatic N) is 1. The van der Waals surface area contributed by atoms with Crippen LogP contribution in [0.1, 0.15) is 47.5 Å². The number of amides is 1. The lowest BCUT2D eigenvalue weighted by molar-refractivity contribution is -0.162. The van der Waals surface area contributed by atoms with Gasteiger partial charge in [0, 0.05) is 6.54 Å². The number of esters is 1. The Bertz CT molecular complexity index is 336. The van der Waals surface area contributed by atoms with Crippen LogP contribution in [0.5, 0.6) is 0 Å². The summed E-state index contributed by atoms with van der Waals surface area (Å²) in [5.41, 5.74) is -0.499. The molecule has 0 aromatic heterocycles. The largest absolute Gasteiger partial charge is 0.458 e. The number of carbonyl (C=O) groups excluding carboxylic acids is 2. The molecule has 1 atom stereocenters. The first-order valence-electron chi connectivity index (χ1n) is 6.84. The van der Waals surface area contributed by atoms with E-state index >= 15 is 0 Å². The van der Waals surface area contributed by atoms with Crippen molar-refractivity contribution in [2.24, 2.45) is 0 Å². The predicted molar refractivity (Wildman–Crippen MR) is 78.2 cm³/mol. The second-order valence-electron chi connectivity index (χ2n) is 6.14. The van der Waals surface area contributed by atoms with Gasteiger partial charge in [-0.2, -0.15) is 0 Å². The van der Waals surface area contributed by atoms with Gasteiger partial charge in [-0.25, -0.2) is 4.79 Å². The smallest absolute Gasteiger partial charge is 0.329 e. The van der Waals surface area contributed by atoms with Gasteiger partial charge in [0.2, 0.25) is 5.91 Å². The van der Waals surface area contributed by atoms with E-state index in [0.29, 0.717) is 24.0 Å². The predicted octanol–water partition coefficient (Wildman–Crippen LogP) is 2.46. The lowest BCUT2D eigenvalue weighted by Gasteiger charge is -2.27. The Balaban J connectivity index is 2.58. The molecule has 0 unspecified atom stereocenters. The van der Waals surface area contributed by atoms with Crippen LogP contribution in [0.3, 0.4) is 0 Å². The Kier molecular flexibility index (Phi) is 5.71. The van der Waals surface area contributed by atoms with Crippen molar-refractivity contribution in [3.05, 3.63) is 0 Å². The average molecular weight is 287 g/mol. The van der Waals surface area contributed by atoms with E-state index in [1.807, 2.05) is 20.8 Å². The van der Waals surface area contributed by atoms with Crippen LogP contribution in [0.4, 0.5) is 0 Å². The zero-order valence-corrected chi connectivity index (χ0v) is 13.4. The molecule has 0 bridgehead atoms. The number of ether oxygens (including phenoxy) is 1. The highest BCUT2D eigenvalue weighted by molar-refractivity contribution is 8.00. The van der Waals surface area contributed by atoms with Gasteiger partial charge in [0.25, 0.3) is 0 Å². The lowest BCUT2D eigenvalue weighted by atomic mass is 10.1. The summed E-state index contributed by atoms with van der Waals surface area (Å²) in [4.78, 5) is 25.9. The van der Waals surface area contributed by atoms with Gasteiger partial charge in [0.1, 0.15) is 11.6 Å². The molecule has 1 aliphatic heterocycles. The summed E-state index contributed by atoms with van der Waals surface area (Å²) >= 11 is 1.61. The first-order valence-corrected chi connectivity index (χ1v) is 7.89. The first-order chi connectivity index (χ1) is 8.70. The molecule has 1 aliphatic rings. The first kappa shape index (κ1) is 16.3. The van der Waals surface area contributed by atoms with Crippen LogP contribution in [-0.4, -0.2) is 46.0 Å². The molecular formula is C14H25NO3S. The molecule has 0 aromatic rings. The minimum atomic E-state index is -0.499. The van der Waals surface area contributed by atoms with Gasteiger partial charge in [-0.15, -0.1) is 11.8 Å². The fourth-order valence-corrected chi connectivity index (χ4v) is 2.64. The molecule has 5 heteroatoms. The Morgan fingerprint density at radius 3 is 2.53 bits per heavy atom. The van der Waals surface area contributed by atoms with Crippen molar-refractivity contribution < 1.29 is 14.3 Å². The van der Waals surface area contributed by atoms with E-state index in [-0.39, 0.29) is 17.9 Å². The van der Waals surface area contributed by atoms with Gasteiger partial charge in [-0.1, -0.05) is 13.8 Å². The topological polar surface area (TPSA) is 46.6 Å². The van der Waals surface area contributed by atoms with Crippen LogP contribution in [0.2, 0.25) is 0 Å². The van der Waals surface area contributed by atoms with Crippen LogP contribution in [0, 0.1) is 0 Å². The van der Waals surface area contributed by atoms with Crippen LogP contribution in [0.15, 0.2) is 0 Å². The van der Waals surface area contributed by atoms with Crippen LogP contribution >= 0.6 is 11.8 Å². The van der Waals surface area contributed by atoms with Gasteiger partial charge in [0.05, 0.1) is 5.75 Å². The minimum absolute atomic E-state index is 0.0482. The normalized spacial score (nSPS) is 19.9. The number of carbonyl (C=O) groups is 2. The van der Waals surface area contributed by atoms with Crippen LogP contribution in [0.25, 0.3) is 0 Å². The molecule has 0 aromatic carbocycles. The summed E-state index contributed by atoms with van der Waals surface area (Å²) in [5, 5.41) is 0.423. The third-order valence-corrected chi connectivity index (χ3v) is 3.87. The molecule has 0 aliphatic carbocycles. The molecule has 4 nitrogen and oxygen atoms in total. The summed E-state index contributed by atoms with van der Waals surface area (Å²) in [5.74, 6) is 0.219. The Hall–Kier alpha value is -0.710. The van der Waals surface area contributed by atoms with E-state index < -0.39 is 5.60 Å². The second-order valence-corrected chi connectivity index (χ2v) is 7.70. The molecule has 0 N–H and O–H groups in total. The average Bonchev–Trinajstić information content (AvgIpc) is 2.72. The maximum absolute atomic E-state index is 12.1. The molecule has 1 amide bonds. The monoisotopic (exact) mass is 287 g/mol. The number of likely N-dealkylation sites (tertiary alicyclic amines) is 1. The molecule has 0 saturated carbocycles. The van der Waals surface area contributed by atoms with E-state index in [2.05, 4.69) is 13.8 Å². The second kappa shape index (κ2) is 6.64. The quantitative estimate of drug-likeness (QED) is 0.745. The van der Waals surface area contributed by atoms with Crippen molar-refractivity contribution in [1.29, 1.82) is 0 Å². The van der Waals surface area contributed by atoms with Crippen LogP contribution < -0.4 is 0 Å². The fraction of sp³-hybridized carbons (Fsp3) is 0.857. The van der Waals surface area contributed by atoms with Gasteiger partial charge < -0.3 is 9.64 Å². The summed E-state index contributed by atoms with van der Waals surface area (Å²) in [6.45, 7) is 10.3. The molecule has 1 fully saturated rings. The third-order valence-electron chi connectivity index (χ3n) is 2.79. The summed E-state index contributed by atoms with van der Waals surface area (Å²) < 4.78 is 5.39. The van der Waals surface area contributed by atoms with Crippen LogP contribution in [-0.2, 0) is 14.3 Å². The highest BCUT2D eigenvalue weighted by Gasteiger charge is 2.36. The van der Waals surface area contributed by atoms with E-state index in [1.54, 1.807) is 16.7 Å². The molecule has 1 saturated heterocycles. The number of hydrogen-bond acceptors (Lipinski definition) is 4. The minimum Gasteiger partial charge on any atom is -0.458 e. The van der Waals surface area contributed by atoms with Gasteiger partial charge >= 0.3 is 5.97 Å². The van der Waals surface area contributed by atoms with E-state index in [4.69, 9.17) is 4.74 Å². The standard InChI is InChI=1S/C14H25NO3S/c1-10(2)19-9-12(16)15-8-6-7-11(15)13(17)18-14(3,4)5/h10-11H,6-9H2,1-5H3/t11-/m1/s1. The zero-order chi connectivity index (χ0) is 14.6. The van der Waals surface area contributed by atoms with Gasteiger partial charge in [-0.3, -0.25) is 4.79 Å². The van der Waals surface area contributed by atoms with E-state index in [0.717, 1.165) is 6.42 Å². The molecule has 19 heavy (non-hydrogen) atoms. The highest BCUT2D eigenvalue weighted by atomic mass is 32.2.